The molecular weight excluding hydrogens is 182 g/mol. The van der Waals surface area contributed by atoms with Gasteiger partial charge in [0, 0.05) is 19.2 Å². The maximum absolute atomic E-state index is 9.00. The molecule has 4 heteroatoms. The average Bonchev–Trinajstić information content (AvgIpc) is 2.15. The molecule has 1 aromatic carbocycles. The first kappa shape index (κ1) is 12.4. The zero-order valence-electron chi connectivity index (χ0n) is 8.10. The van der Waals surface area contributed by atoms with Crippen LogP contribution >= 0.6 is 0 Å². The zero-order chi connectivity index (χ0) is 10.8. The van der Waals surface area contributed by atoms with Gasteiger partial charge in [0.15, 0.2) is 0 Å². The normalized spacial score (nSPS) is 8.43. The summed E-state index contributed by atoms with van der Waals surface area (Å²) in [4.78, 5) is 9.00. The number of aliphatic hydroxyl groups is 1. The number of para-hydroxylation sites is 1. The Balaban J connectivity index is 0.000000364. The molecule has 0 aliphatic rings. The van der Waals surface area contributed by atoms with Gasteiger partial charge in [-0.1, -0.05) is 18.2 Å². The molecule has 14 heavy (non-hydrogen) atoms. The number of aliphatic hydroxyl groups excluding tert-OH is 1. The zero-order valence-corrected chi connectivity index (χ0v) is 8.10. The van der Waals surface area contributed by atoms with Crippen LogP contribution in [0.1, 0.15) is 6.92 Å². The molecular formula is C10H15NO3. The second-order valence-corrected chi connectivity index (χ2v) is 2.54. The number of hydrogen-bond acceptors (Lipinski definition) is 3. The van der Waals surface area contributed by atoms with E-state index < -0.39 is 5.97 Å². The molecule has 1 aromatic rings. The van der Waals surface area contributed by atoms with Crippen LogP contribution in [0.5, 0.6) is 0 Å². The lowest BCUT2D eigenvalue weighted by molar-refractivity contribution is -0.134. The molecule has 4 nitrogen and oxygen atoms in total. The van der Waals surface area contributed by atoms with Crippen LogP contribution in [0.4, 0.5) is 5.69 Å². The fraction of sp³-hybridized carbons (Fsp3) is 0.300. The van der Waals surface area contributed by atoms with Crippen LogP contribution in [0.25, 0.3) is 0 Å². The van der Waals surface area contributed by atoms with E-state index in [-0.39, 0.29) is 6.61 Å². The molecule has 0 atom stereocenters. The lowest BCUT2D eigenvalue weighted by Gasteiger charge is -2.01. The number of nitrogens with one attached hydrogen (secondary N) is 1. The van der Waals surface area contributed by atoms with E-state index in [4.69, 9.17) is 15.0 Å². The first-order chi connectivity index (χ1) is 6.66. The number of benzene rings is 1. The van der Waals surface area contributed by atoms with Crippen molar-refractivity contribution in [3.63, 3.8) is 0 Å². The summed E-state index contributed by atoms with van der Waals surface area (Å²) in [5, 5.41) is 18.9. The Labute approximate surface area is 83.2 Å². The third-order valence-electron chi connectivity index (χ3n) is 1.21. The van der Waals surface area contributed by atoms with Crippen molar-refractivity contribution in [3.8, 4) is 0 Å². The maximum Gasteiger partial charge on any atom is 0.300 e. The van der Waals surface area contributed by atoms with E-state index in [2.05, 4.69) is 5.32 Å². The lowest BCUT2D eigenvalue weighted by atomic mass is 10.3. The van der Waals surface area contributed by atoms with Crippen molar-refractivity contribution in [1.82, 2.24) is 0 Å². The van der Waals surface area contributed by atoms with Crippen molar-refractivity contribution in [2.45, 2.75) is 6.92 Å². The average molecular weight is 197 g/mol. The smallest absolute Gasteiger partial charge is 0.300 e. The molecule has 0 bridgehead atoms. The molecule has 3 N–H and O–H groups in total. The van der Waals surface area contributed by atoms with Crippen molar-refractivity contribution in [3.05, 3.63) is 30.3 Å². The molecule has 0 saturated carbocycles. The predicted octanol–water partition coefficient (Wildman–Crippen LogP) is 1.18. The Kier molecular flexibility index (Phi) is 7.17. The Morgan fingerprint density at radius 2 is 1.86 bits per heavy atom. The van der Waals surface area contributed by atoms with Crippen molar-refractivity contribution < 1.29 is 15.0 Å². The SMILES string of the molecule is CC(=O)O.OCCNc1ccccc1. The van der Waals surface area contributed by atoms with Crippen molar-refractivity contribution in [1.29, 1.82) is 0 Å². The Morgan fingerprint density at radius 3 is 2.29 bits per heavy atom. The van der Waals surface area contributed by atoms with Gasteiger partial charge in [-0.05, 0) is 12.1 Å². The number of carbonyl (C=O) groups is 1. The number of carboxylic acid groups (broad SMARTS) is 1. The Hall–Kier alpha value is -1.55. The van der Waals surface area contributed by atoms with Gasteiger partial charge in [-0.3, -0.25) is 4.79 Å². The number of carboxylic acids is 1. The predicted molar refractivity (Wildman–Crippen MR) is 55.3 cm³/mol. The van der Waals surface area contributed by atoms with Gasteiger partial charge in [-0.25, -0.2) is 0 Å². The fourth-order valence-electron chi connectivity index (χ4n) is 0.756. The molecule has 0 unspecified atom stereocenters. The first-order valence-corrected chi connectivity index (χ1v) is 4.26. The molecule has 0 fully saturated rings. The summed E-state index contributed by atoms with van der Waals surface area (Å²) < 4.78 is 0. The second kappa shape index (κ2) is 8.07. The summed E-state index contributed by atoms with van der Waals surface area (Å²) in [6, 6.07) is 9.81. The maximum atomic E-state index is 9.00. The second-order valence-electron chi connectivity index (χ2n) is 2.54. The highest BCUT2D eigenvalue weighted by molar-refractivity contribution is 5.62. The van der Waals surface area contributed by atoms with E-state index in [1.807, 2.05) is 30.3 Å². The summed E-state index contributed by atoms with van der Waals surface area (Å²) in [6.45, 7) is 1.87. The Morgan fingerprint density at radius 1 is 1.36 bits per heavy atom. The van der Waals surface area contributed by atoms with Gasteiger partial charge in [-0.2, -0.15) is 0 Å². The third kappa shape index (κ3) is 8.55. The molecule has 0 heterocycles. The topological polar surface area (TPSA) is 69.6 Å². The molecule has 0 aromatic heterocycles. The highest BCUT2D eigenvalue weighted by Crippen LogP contribution is 2.02. The standard InChI is InChI=1S/C8H11NO.C2H4O2/c10-7-6-9-8-4-2-1-3-5-8;1-2(3)4/h1-5,9-10H,6-7H2;1H3,(H,3,4). The lowest BCUT2D eigenvalue weighted by Crippen LogP contribution is -2.04. The van der Waals surface area contributed by atoms with Crippen LogP contribution < -0.4 is 5.32 Å². The van der Waals surface area contributed by atoms with E-state index in [9.17, 15) is 0 Å². The highest BCUT2D eigenvalue weighted by atomic mass is 16.4. The summed E-state index contributed by atoms with van der Waals surface area (Å²) in [7, 11) is 0. The minimum Gasteiger partial charge on any atom is -0.481 e. The molecule has 0 radical (unpaired) electrons. The molecule has 1 rings (SSSR count). The molecule has 0 amide bonds. The summed E-state index contributed by atoms with van der Waals surface area (Å²) >= 11 is 0. The molecule has 0 spiro atoms. The van der Waals surface area contributed by atoms with E-state index in [0.717, 1.165) is 12.6 Å². The van der Waals surface area contributed by atoms with Gasteiger partial charge < -0.3 is 15.5 Å². The van der Waals surface area contributed by atoms with Crippen LogP contribution in [0.3, 0.4) is 0 Å². The van der Waals surface area contributed by atoms with E-state index in [1.165, 1.54) is 0 Å². The van der Waals surface area contributed by atoms with Gasteiger partial charge in [-0.15, -0.1) is 0 Å². The van der Waals surface area contributed by atoms with Crippen molar-refractivity contribution in [2.75, 3.05) is 18.5 Å². The minimum absolute atomic E-state index is 0.175. The van der Waals surface area contributed by atoms with Gasteiger partial charge in [0.1, 0.15) is 0 Å². The van der Waals surface area contributed by atoms with E-state index in [1.54, 1.807) is 0 Å². The van der Waals surface area contributed by atoms with Crippen LogP contribution in [0.2, 0.25) is 0 Å². The monoisotopic (exact) mass is 197 g/mol. The van der Waals surface area contributed by atoms with Gasteiger partial charge in [0.25, 0.3) is 5.97 Å². The van der Waals surface area contributed by atoms with Crippen LogP contribution in [0.15, 0.2) is 30.3 Å². The molecule has 0 aliphatic carbocycles. The number of aliphatic carboxylic acids is 1. The molecule has 0 aliphatic heterocycles. The Bertz CT molecular complexity index is 245. The fourth-order valence-corrected chi connectivity index (χ4v) is 0.756. The van der Waals surface area contributed by atoms with Gasteiger partial charge >= 0.3 is 0 Å². The van der Waals surface area contributed by atoms with Gasteiger partial charge in [0.05, 0.1) is 6.61 Å². The number of hydrogen-bond donors (Lipinski definition) is 3. The van der Waals surface area contributed by atoms with Crippen molar-refractivity contribution in [2.24, 2.45) is 0 Å². The van der Waals surface area contributed by atoms with Crippen molar-refractivity contribution >= 4 is 11.7 Å². The van der Waals surface area contributed by atoms with Crippen LogP contribution in [-0.4, -0.2) is 29.3 Å². The molecule has 0 saturated heterocycles. The van der Waals surface area contributed by atoms with E-state index >= 15 is 0 Å². The summed E-state index contributed by atoms with van der Waals surface area (Å²) in [5.74, 6) is -0.833. The quantitative estimate of drug-likeness (QED) is 0.680. The number of anilines is 1. The largest absolute Gasteiger partial charge is 0.481 e. The summed E-state index contributed by atoms with van der Waals surface area (Å²) in [6.07, 6.45) is 0. The third-order valence-corrected chi connectivity index (χ3v) is 1.21. The van der Waals surface area contributed by atoms with Gasteiger partial charge in [0.2, 0.25) is 0 Å². The minimum atomic E-state index is -0.833. The van der Waals surface area contributed by atoms with Crippen LogP contribution in [-0.2, 0) is 4.79 Å². The first-order valence-electron chi connectivity index (χ1n) is 4.26. The van der Waals surface area contributed by atoms with Crippen LogP contribution in [0, 0.1) is 0 Å². The summed E-state index contributed by atoms with van der Waals surface area (Å²) in [5.41, 5.74) is 1.05. The molecule has 78 valence electrons. The van der Waals surface area contributed by atoms with E-state index in [0.29, 0.717) is 6.54 Å². The highest BCUT2D eigenvalue weighted by Gasteiger charge is 1.84. The number of rotatable bonds is 3.